The van der Waals surface area contributed by atoms with Gasteiger partial charge in [-0.2, -0.15) is 13.2 Å². The normalized spacial score (nSPS) is 11.4. The molecule has 1 amide bonds. The Morgan fingerprint density at radius 2 is 1.88 bits per heavy atom. The van der Waals surface area contributed by atoms with E-state index in [1.807, 2.05) is 0 Å². The van der Waals surface area contributed by atoms with Crippen LogP contribution >= 0.6 is 0 Å². The molecule has 0 aliphatic rings. The summed E-state index contributed by atoms with van der Waals surface area (Å²) in [6.07, 6.45) is -4.84. The molecule has 0 unspecified atom stereocenters. The molecule has 0 spiro atoms. The van der Waals surface area contributed by atoms with Gasteiger partial charge >= 0.3 is 12.1 Å². The summed E-state index contributed by atoms with van der Waals surface area (Å²) in [6.45, 7) is -0.181. The molecule has 0 bridgehead atoms. The Balaban J connectivity index is 2.58. The van der Waals surface area contributed by atoms with Crippen LogP contribution in [0.2, 0.25) is 0 Å². The zero-order chi connectivity index (χ0) is 13.1. The van der Waals surface area contributed by atoms with Gasteiger partial charge in [-0.1, -0.05) is 18.2 Å². The fourth-order valence-corrected chi connectivity index (χ4v) is 1.31. The van der Waals surface area contributed by atoms with Gasteiger partial charge in [0.05, 0.1) is 0 Å². The van der Waals surface area contributed by atoms with Crippen molar-refractivity contribution in [2.75, 3.05) is 13.6 Å². The number of rotatable bonds is 3. The molecular formula is C11H11F4NO. The Hall–Kier alpha value is -1.59. The quantitative estimate of drug-likeness (QED) is 0.753. The third-order valence-electron chi connectivity index (χ3n) is 2.26. The van der Waals surface area contributed by atoms with E-state index in [1.165, 1.54) is 18.2 Å². The molecule has 0 aromatic heterocycles. The van der Waals surface area contributed by atoms with Crippen molar-refractivity contribution in [2.45, 2.75) is 12.6 Å². The van der Waals surface area contributed by atoms with Gasteiger partial charge in [0.2, 0.25) is 0 Å². The van der Waals surface area contributed by atoms with Crippen LogP contribution in [-0.4, -0.2) is 30.6 Å². The van der Waals surface area contributed by atoms with Crippen LogP contribution in [-0.2, 0) is 11.2 Å². The van der Waals surface area contributed by atoms with Gasteiger partial charge in [-0.3, -0.25) is 4.79 Å². The van der Waals surface area contributed by atoms with Crippen molar-refractivity contribution >= 4 is 5.91 Å². The lowest BCUT2D eigenvalue weighted by Gasteiger charge is -2.18. The lowest BCUT2D eigenvalue weighted by Crippen LogP contribution is -2.39. The highest BCUT2D eigenvalue weighted by atomic mass is 19.4. The maximum absolute atomic E-state index is 13.1. The smallest absolute Gasteiger partial charge is 0.338 e. The summed E-state index contributed by atoms with van der Waals surface area (Å²) in [5.74, 6) is -2.41. The van der Waals surface area contributed by atoms with Gasteiger partial charge in [0.25, 0.3) is 0 Å². The summed E-state index contributed by atoms with van der Waals surface area (Å²) in [7, 11) is 1.04. The van der Waals surface area contributed by atoms with Crippen molar-refractivity contribution < 1.29 is 22.4 Å². The van der Waals surface area contributed by atoms with E-state index in [4.69, 9.17) is 0 Å². The summed E-state index contributed by atoms with van der Waals surface area (Å²) >= 11 is 0. The first-order chi connectivity index (χ1) is 7.82. The van der Waals surface area contributed by atoms with Crippen molar-refractivity contribution in [2.24, 2.45) is 0 Å². The van der Waals surface area contributed by atoms with Gasteiger partial charge in [-0.15, -0.1) is 0 Å². The van der Waals surface area contributed by atoms with Crippen molar-refractivity contribution in [3.05, 3.63) is 35.6 Å². The SMILES string of the molecule is CN(CCc1ccccc1F)C(=O)C(F)(F)F. The highest BCUT2D eigenvalue weighted by Crippen LogP contribution is 2.18. The minimum absolute atomic E-state index is 0.0466. The van der Waals surface area contributed by atoms with E-state index >= 15 is 0 Å². The van der Waals surface area contributed by atoms with Crippen molar-refractivity contribution in [3.63, 3.8) is 0 Å². The third-order valence-corrected chi connectivity index (χ3v) is 2.26. The summed E-state index contributed by atoms with van der Waals surface area (Å²) in [5.41, 5.74) is 0.286. The highest BCUT2D eigenvalue weighted by molar-refractivity contribution is 5.81. The predicted molar refractivity (Wildman–Crippen MR) is 53.8 cm³/mol. The van der Waals surface area contributed by atoms with E-state index in [9.17, 15) is 22.4 Å². The number of amides is 1. The Labute approximate surface area is 95.8 Å². The van der Waals surface area contributed by atoms with E-state index in [2.05, 4.69) is 0 Å². The first-order valence-corrected chi connectivity index (χ1v) is 4.88. The molecule has 6 heteroatoms. The second-order valence-electron chi connectivity index (χ2n) is 3.57. The number of halogens is 4. The fourth-order valence-electron chi connectivity index (χ4n) is 1.31. The molecule has 0 heterocycles. The minimum atomic E-state index is -4.88. The summed E-state index contributed by atoms with van der Waals surface area (Å²) in [4.78, 5) is 11.3. The average Bonchev–Trinajstić information content (AvgIpc) is 2.25. The summed E-state index contributed by atoms with van der Waals surface area (Å²) < 4.78 is 49.3. The summed E-state index contributed by atoms with van der Waals surface area (Å²) in [6, 6.07) is 5.77. The van der Waals surface area contributed by atoms with E-state index in [0.717, 1.165) is 7.05 Å². The second-order valence-corrected chi connectivity index (χ2v) is 3.57. The first-order valence-electron chi connectivity index (χ1n) is 4.88. The van der Waals surface area contributed by atoms with E-state index in [0.29, 0.717) is 4.90 Å². The molecule has 1 rings (SSSR count). The third kappa shape index (κ3) is 3.72. The highest BCUT2D eigenvalue weighted by Gasteiger charge is 2.40. The van der Waals surface area contributed by atoms with Crippen LogP contribution in [0.15, 0.2) is 24.3 Å². The van der Waals surface area contributed by atoms with Crippen LogP contribution in [0, 0.1) is 5.82 Å². The maximum Gasteiger partial charge on any atom is 0.471 e. The van der Waals surface area contributed by atoms with Crippen molar-refractivity contribution in [1.29, 1.82) is 0 Å². The molecule has 1 aromatic rings. The molecule has 94 valence electrons. The lowest BCUT2D eigenvalue weighted by atomic mass is 10.1. The number of carbonyl (C=O) groups is 1. The second kappa shape index (κ2) is 5.16. The number of hydrogen-bond donors (Lipinski definition) is 0. The molecule has 0 radical (unpaired) electrons. The largest absolute Gasteiger partial charge is 0.471 e. The maximum atomic E-state index is 13.1. The van der Waals surface area contributed by atoms with Gasteiger partial charge in [-0.05, 0) is 18.1 Å². The molecule has 0 fully saturated rings. The molecule has 0 saturated carbocycles. The predicted octanol–water partition coefficient (Wildman–Crippen LogP) is 2.39. The Morgan fingerprint density at radius 3 is 2.41 bits per heavy atom. The molecule has 0 aliphatic carbocycles. The Bertz CT molecular complexity index is 403. The number of carbonyl (C=O) groups excluding carboxylic acids is 1. The summed E-state index contributed by atoms with van der Waals surface area (Å²) in [5, 5.41) is 0. The number of alkyl halides is 3. The van der Waals surface area contributed by atoms with Crippen molar-refractivity contribution in [3.8, 4) is 0 Å². The van der Waals surface area contributed by atoms with Crippen LogP contribution in [0.4, 0.5) is 17.6 Å². The zero-order valence-electron chi connectivity index (χ0n) is 9.09. The van der Waals surface area contributed by atoms with Gasteiger partial charge in [-0.25, -0.2) is 4.39 Å². The minimum Gasteiger partial charge on any atom is -0.338 e. The molecule has 0 atom stereocenters. The molecule has 0 N–H and O–H groups in total. The van der Waals surface area contributed by atoms with E-state index in [1.54, 1.807) is 6.07 Å². The van der Waals surface area contributed by atoms with Gasteiger partial charge in [0.1, 0.15) is 5.82 Å². The van der Waals surface area contributed by atoms with Crippen LogP contribution in [0.1, 0.15) is 5.56 Å². The van der Waals surface area contributed by atoms with Crippen LogP contribution in [0.3, 0.4) is 0 Å². The zero-order valence-corrected chi connectivity index (χ0v) is 9.09. The molecule has 0 saturated heterocycles. The lowest BCUT2D eigenvalue weighted by molar-refractivity contribution is -0.184. The molecular weight excluding hydrogens is 238 g/mol. The van der Waals surface area contributed by atoms with Gasteiger partial charge < -0.3 is 4.90 Å². The van der Waals surface area contributed by atoms with Gasteiger partial charge in [0.15, 0.2) is 0 Å². The number of nitrogens with zero attached hydrogens (tertiary/aromatic N) is 1. The topological polar surface area (TPSA) is 20.3 Å². The van der Waals surface area contributed by atoms with E-state index in [-0.39, 0.29) is 18.5 Å². The number of hydrogen-bond acceptors (Lipinski definition) is 1. The molecule has 2 nitrogen and oxygen atoms in total. The molecule has 1 aromatic carbocycles. The molecule has 0 aliphatic heterocycles. The van der Waals surface area contributed by atoms with E-state index < -0.39 is 17.9 Å². The molecule has 17 heavy (non-hydrogen) atoms. The number of likely N-dealkylation sites (N-methyl/N-ethyl adjacent to an activating group) is 1. The standard InChI is InChI=1S/C11H11F4NO/c1-16(10(17)11(13,14)15)7-6-8-4-2-3-5-9(8)12/h2-5H,6-7H2,1H3. The average molecular weight is 249 g/mol. The Kier molecular flexibility index (Phi) is 4.09. The van der Waals surface area contributed by atoms with Crippen LogP contribution < -0.4 is 0 Å². The first kappa shape index (κ1) is 13.5. The fraction of sp³-hybridized carbons (Fsp3) is 0.364. The van der Waals surface area contributed by atoms with Crippen LogP contribution in [0.5, 0.6) is 0 Å². The number of benzene rings is 1. The van der Waals surface area contributed by atoms with Crippen molar-refractivity contribution in [1.82, 2.24) is 4.90 Å². The van der Waals surface area contributed by atoms with Gasteiger partial charge in [0, 0.05) is 13.6 Å². The van der Waals surface area contributed by atoms with Crippen LogP contribution in [0.25, 0.3) is 0 Å². The Morgan fingerprint density at radius 1 is 1.29 bits per heavy atom. The monoisotopic (exact) mass is 249 g/mol.